The Bertz CT molecular complexity index is 799. The summed E-state index contributed by atoms with van der Waals surface area (Å²) in [7, 11) is 0. The van der Waals surface area contributed by atoms with E-state index in [0.717, 1.165) is 37.9 Å². The number of halogens is 1. The van der Waals surface area contributed by atoms with Gasteiger partial charge in [0.15, 0.2) is 0 Å². The Kier molecular flexibility index (Phi) is 5.91. The second-order valence-electron chi connectivity index (χ2n) is 6.40. The molecule has 6 heteroatoms. The summed E-state index contributed by atoms with van der Waals surface area (Å²) < 4.78 is 0. The van der Waals surface area contributed by atoms with Gasteiger partial charge in [0.25, 0.3) is 11.8 Å². The van der Waals surface area contributed by atoms with Gasteiger partial charge in [-0.25, -0.2) is 0 Å². The van der Waals surface area contributed by atoms with Gasteiger partial charge in [-0.2, -0.15) is 0 Å². The smallest absolute Gasteiger partial charge is 0.255 e. The number of piperidine rings is 1. The average Bonchev–Trinajstić information content (AvgIpc) is 2.68. The molecule has 1 heterocycles. The zero-order chi connectivity index (χ0) is 18.5. The molecule has 0 aliphatic carbocycles. The van der Waals surface area contributed by atoms with E-state index in [9.17, 15) is 9.59 Å². The van der Waals surface area contributed by atoms with E-state index in [1.807, 2.05) is 17.0 Å². The third-order valence-corrected chi connectivity index (χ3v) is 4.87. The molecule has 3 N–H and O–H groups in total. The number of hydrogen-bond donors (Lipinski definition) is 2. The van der Waals surface area contributed by atoms with Crippen LogP contribution in [0.1, 0.15) is 45.5 Å². The van der Waals surface area contributed by atoms with Crippen LogP contribution >= 0.6 is 11.6 Å². The van der Waals surface area contributed by atoms with Crippen LogP contribution in [0.4, 0.5) is 5.69 Å². The number of carbonyl (C=O) groups is 2. The quantitative estimate of drug-likeness (QED) is 0.860. The normalized spacial score (nSPS) is 14.2. The van der Waals surface area contributed by atoms with Gasteiger partial charge in [-0.15, -0.1) is 0 Å². The van der Waals surface area contributed by atoms with E-state index in [1.165, 1.54) is 0 Å². The predicted octanol–water partition coefficient (Wildman–Crippen LogP) is 3.68. The van der Waals surface area contributed by atoms with Crippen molar-refractivity contribution in [3.63, 3.8) is 0 Å². The molecule has 2 amide bonds. The molecule has 5 nitrogen and oxygen atoms in total. The fraction of sp³-hybridized carbons (Fsp3) is 0.300. The molecule has 1 aliphatic heterocycles. The molecule has 1 saturated heterocycles. The topological polar surface area (TPSA) is 75.4 Å². The Labute approximate surface area is 158 Å². The van der Waals surface area contributed by atoms with Gasteiger partial charge in [0.2, 0.25) is 0 Å². The van der Waals surface area contributed by atoms with Gasteiger partial charge < -0.3 is 16.0 Å². The van der Waals surface area contributed by atoms with Crippen LogP contribution in [0.5, 0.6) is 0 Å². The molecule has 0 bridgehead atoms. The summed E-state index contributed by atoms with van der Waals surface area (Å²) in [5, 5.41) is 3.15. The summed E-state index contributed by atoms with van der Waals surface area (Å²) >= 11 is 6.30. The van der Waals surface area contributed by atoms with E-state index in [1.54, 1.807) is 30.3 Å². The van der Waals surface area contributed by atoms with Crippen molar-refractivity contribution in [3.05, 3.63) is 64.2 Å². The van der Waals surface area contributed by atoms with Crippen LogP contribution in [0.15, 0.2) is 42.5 Å². The summed E-state index contributed by atoms with van der Waals surface area (Å²) in [5.41, 5.74) is 8.08. The number of nitrogens with two attached hydrogens (primary N) is 1. The standard InChI is InChI=1S/C20H22ClN3O2/c21-18-12-16(23-19(25)15-6-4-14(13-22)5-7-15)8-9-17(18)20(26)24-10-2-1-3-11-24/h4-9,12H,1-3,10-11,13,22H2,(H,23,25). The van der Waals surface area contributed by atoms with Crippen molar-refractivity contribution in [2.75, 3.05) is 18.4 Å². The number of hydrogen-bond acceptors (Lipinski definition) is 3. The van der Waals surface area contributed by atoms with E-state index in [-0.39, 0.29) is 11.8 Å². The minimum atomic E-state index is -0.236. The third-order valence-electron chi connectivity index (χ3n) is 4.55. The average molecular weight is 372 g/mol. The highest BCUT2D eigenvalue weighted by Gasteiger charge is 2.20. The predicted molar refractivity (Wildman–Crippen MR) is 103 cm³/mol. The Morgan fingerprint density at radius 2 is 1.73 bits per heavy atom. The van der Waals surface area contributed by atoms with Gasteiger partial charge in [-0.3, -0.25) is 9.59 Å². The number of amides is 2. The summed E-state index contributed by atoms with van der Waals surface area (Å²) in [4.78, 5) is 26.7. The number of nitrogens with one attached hydrogen (secondary N) is 1. The number of carbonyl (C=O) groups excluding carboxylic acids is 2. The van der Waals surface area contributed by atoms with Gasteiger partial charge in [0.1, 0.15) is 0 Å². The van der Waals surface area contributed by atoms with Crippen LogP contribution in [0.3, 0.4) is 0 Å². The van der Waals surface area contributed by atoms with Crippen LogP contribution in [0, 0.1) is 0 Å². The van der Waals surface area contributed by atoms with Crippen LogP contribution in [-0.4, -0.2) is 29.8 Å². The summed E-state index contributed by atoms with van der Waals surface area (Å²) in [6.45, 7) is 1.98. The van der Waals surface area contributed by atoms with Crippen molar-refractivity contribution >= 4 is 29.1 Å². The minimum Gasteiger partial charge on any atom is -0.339 e. The molecule has 1 aliphatic rings. The molecule has 0 spiro atoms. The maximum atomic E-state index is 12.6. The lowest BCUT2D eigenvalue weighted by Gasteiger charge is -2.27. The molecule has 1 fully saturated rings. The molecule has 0 aromatic heterocycles. The first-order chi connectivity index (χ1) is 12.6. The van der Waals surface area contributed by atoms with Crippen LogP contribution < -0.4 is 11.1 Å². The zero-order valence-electron chi connectivity index (χ0n) is 14.5. The molecule has 136 valence electrons. The van der Waals surface area contributed by atoms with E-state index in [0.29, 0.717) is 28.4 Å². The molecule has 3 rings (SSSR count). The first-order valence-electron chi connectivity index (χ1n) is 8.77. The molecule has 0 atom stereocenters. The zero-order valence-corrected chi connectivity index (χ0v) is 15.3. The van der Waals surface area contributed by atoms with Gasteiger partial charge in [-0.1, -0.05) is 23.7 Å². The fourth-order valence-corrected chi connectivity index (χ4v) is 3.29. The van der Waals surface area contributed by atoms with E-state index < -0.39 is 0 Å². The van der Waals surface area contributed by atoms with Crippen LogP contribution in [0.2, 0.25) is 5.02 Å². The van der Waals surface area contributed by atoms with Crippen molar-refractivity contribution in [1.82, 2.24) is 4.90 Å². The SMILES string of the molecule is NCc1ccc(C(=O)Nc2ccc(C(=O)N3CCCCC3)c(Cl)c2)cc1. The number of nitrogens with zero attached hydrogens (tertiary/aromatic N) is 1. The Balaban J connectivity index is 1.70. The number of rotatable bonds is 4. The maximum absolute atomic E-state index is 12.6. The highest BCUT2D eigenvalue weighted by molar-refractivity contribution is 6.34. The van der Waals surface area contributed by atoms with Crippen LogP contribution in [0.25, 0.3) is 0 Å². The van der Waals surface area contributed by atoms with E-state index in [4.69, 9.17) is 17.3 Å². The third kappa shape index (κ3) is 4.23. The molecular weight excluding hydrogens is 350 g/mol. The molecule has 0 unspecified atom stereocenters. The highest BCUT2D eigenvalue weighted by Crippen LogP contribution is 2.24. The van der Waals surface area contributed by atoms with Crippen molar-refractivity contribution in [1.29, 1.82) is 0 Å². The second-order valence-corrected chi connectivity index (χ2v) is 6.81. The van der Waals surface area contributed by atoms with Crippen molar-refractivity contribution in [3.8, 4) is 0 Å². The maximum Gasteiger partial charge on any atom is 0.255 e. The van der Waals surface area contributed by atoms with E-state index >= 15 is 0 Å². The lowest BCUT2D eigenvalue weighted by Crippen LogP contribution is -2.35. The van der Waals surface area contributed by atoms with Crippen LogP contribution in [-0.2, 0) is 6.54 Å². The van der Waals surface area contributed by atoms with Crippen molar-refractivity contribution < 1.29 is 9.59 Å². The van der Waals surface area contributed by atoms with Gasteiger partial charge >= 0.3 is 0 Å². The Morgan fingerprint density at radius 1 is 1.04 bits per heavy atom. The summed E-state index contributed by atoms with van der Waals surface area (Å²) in [6, 6.07) is 12.1. The molecule has 26 heavy (non-hydrogen) atoms. The monoisotopic (exact) mass is 371 g/mol. The molecule has 2 aromatic carbocycles. The fourth-order valence-electron chi connectivity index (χ4n) is 3.03. The second kappa shape index (κ2) is 8.34. The number of likely N-dealkylation sites (tertiary alicyclic amines) is 1. The van der Waals surface area contributed by atoms with Gasteiger partial charge in [-0.05, 0) is 55.2 Å². The summed E-state index contributed by atoms with van der Waals surface area (Å²) in [6.07, 6.45) is 3.22. The van der Waals surface area contributed by atoms with E-state index in [2.05, 4.69) is 5.32 Å². The lowest BCUT2D eigenvalue weighted by molar-refractivity contribution is 0.0724. The van der Waals surface area contributed by atoms with Gasteiger partial charge in [0.05, 0.1) is 10.6 Å². The number of anilines is 1. The largest absolute Gasteiger partial charge is 0.339 e. The molecular formula is C20H22ClN3O2. The van der Waals surface area contributed by atoms with Crippen molar-refractivity contribution in [2.45, 2.75) is 25.8 Å². The Morgan fingerprint density at radius 3 is 2.35 bits per heavy atom. The minimum absolute atomic E-state index is 0.0510. The summed E-state index contributed by atoms with van der Waals surface area (Å²) in [5.74, 6) is -0.287. The van der Waals surface area contributed by atoms with Crippen molar-refractivity contribution in [2.24, 2.45) is 5.73 Å². The van der Waals surface area contributed by atoms with Gasteiger partial charge in [0, 0.05) is 30.9 Å². The molecule has 2 aromatic rings. The molecule has 0 saturated carbocycles. The highest BCUT2D eigenvalue weighted by atomic mass is 35.5. The molecule has 0 radical (unpaired) electrons. The lowest BCUT2D eigenvalue weighted by atomic mass is 10.1. The number of benzene rings is 2. The Hall–Kier alpha value is -2.37. The first kappa shape index (κ1) is 18.4. The first-order valence-corrected chi connectivity index (χ1v) is 9.15.